The third-order valence-corrected chi connectivity index (χ3v) is 8.56. The number of nitrogens with one attached hydrogen (secondary N) is 1. The number of fused-ring (bicyclic) bond motifs is 1. The Morgan fingerprint density at radius 1 is 1.06 bits per heavy atom. The van der Waals surface area contributed by atoms with E-state index in [0.29, 0.717) is 19.4 Å². The maximum atomic E-state index is 11.7. The molecule has 2 atom stereocenters. The minimum Gasteiger partial charge on any atom is -0.324 e. The van der Waals surface area contributed by atoms with Gasteiger partial charge in [-0.2, -0.15) is 0 Å². The first kappa shape index (κ1) is 13.7. The molecule has 2 unspecified atom stereocenters. The zero-order valence-electron chi connectivity index (χ0n) is 9.19. The lowest BCUT2D eigenvalue weighted by Gasteiger charge is -2.44. The molecule has 1 heterocycles. The van der Waals surface area contributed by atoms with Crippen LogP contribution in [0.3, 0.4) is 0 Å². The molecule has 17 heavy (non-hydrogen) atoms. The number of rotatable bonds is 2. The summed E-state index contributed by atoms with van der Waals surface area (Å²) in [6, 6.07) is -0.780. The predicted octanol–water partition coefficient (Wildman–Crippen LogP) is 0.200. The van der Waals surface area contributed by atoms with Gasteiger partial charge in [-0.05, 0) is 31.7 Å². The molecule has 1 aliphatic carbocycles. The van der Waals surface area contributed by atoms with E-state index < -0.39 is 26.1 Å². The maximum absolute atomic E-state index is 11.7. The van der Waals surface area contributed by atoms with Gasteiger partial charge in [0.05, 0.1) is 0 Å². The summed E-state index contributed by atoms with van der Waals surface area (Å²) in [6.07, 6.45) is 1.79. The molecule has 0 spiro atoms. The fraction of sp³-hybridized carbons (Fsp3) is 1.00. The minimum absolute atomic E-state index is 0.0519. The van der Waals surface area contributed by atoms with Crippen LogP contribution in [0.1, 0.15) is 25.7 Å². The molecule has 1 saturated carbocycles. The SMILES string of the molecule is O=P(O)(O)C1(P(=O)(O)O)CCCC2CCNC21. The molecule has 9 heteroatoms. The van der Waals surface area contributed by atoms with Crippen molar-refractivity contribution in [1.29, 1.82) is 0 Å². The average Bonchev–Trinajstić information content (AvgIpc) is 2.60. The molecule has 0 aromatic heterocycles. The third kappa shape index (κ3) is 1.94. The summed E-state index contributed by atoms with van der Waals surface area (Å²) in [7, 11) is -9.78. The van der Waals surface area contributed by atoms with Crippen LogP contribution in [-0.2, 0) is 9.13 Å². The Morgan fingerprint density at radius 2 is 1.65 bits per heavy atom. The van der Waals surface area contributed by atoms with Crippen LogP contribution < -0.4 is 5.32 Å². The standard InChI is InChI=1S/C8H17NO6P2/c10-16(11,12)8(17(13,14)15)4-1-2-6-3-5-9-7(6)8/h6-7,9H,1-5H2,(H2,10,11,12)(H2,13,14,15). The first-order valence-corrected chi connectivity index (χ1v) is 8.77. The number of hydrogen-bond donors (Lipinski definition) is 5. The van der Waals surface area contributed by atoms with Gasteiger partial charge < -0.3 is 24.9 Å². The molecule has 7 nitrogen and oxygen atoms in total. The third-order valence-electron chi connectivity index (χ3n) is 3.98. The second-order valence-corrected chi connectivity index (χ2v) is 8.96. The fourth-order valence-electron chi connectivity index (χ4n) is 3.21. The Bertz CT molecular complexity index is 379. The molecule has 5 N–H and O–H groups in total. The zero-order valence-corrected chi connectivity index (χ0v) is 11.0. The quantitative estimate of drug-likeness (QED) is 0.458. The Kier molecular flexibility index (Phi) is 3.33. The van der Waals surface area contributed by atoms with Gasteiger partial charge in [-0.1, -0.05) is 6.42 Å². The van der Waals surface area contributed by atoms with E-state index in [1.54, 1.807) is 0 Å². The van der Waals surface area contributed by atoms with Gasteiger partial charge >= 0.3 is 15.2 Å². The first-order chi connectivity index (χ1) is 7.70. The van der Waals surface area contributed by atoms with Crippen molar-refractivity contribution in [2.24, 2.45) is 5.92 Å². The molecule has 0 aromatic rings. The maximum Gasteiger partial charge on any atom is 0.345 e. The summed E-state index contributed by atoms with van der Waals surface area (Å²) >= 11 is 0. The highest BCUT2D eigenvalue weighted by Gasteiger charge is 2.67. The highest BCUT2D eigenvalue weighted by Crippen LogP contribution is 2.74. The van der Waals surface area contributed by atoms with Crippen LogP contribution in [0.2, 0.25) is 0 Å². The van der Waals surface area contributed by atoms with E-state index in [1.165, 1.54) is 0 Å². The smallest absolute Gasteiger partial charge is 0.324 e. The van der Waals surface area contributed by atoms with Gasteiger partial charge in [-0.3, -0.25) is 9.13 Å². The molecule has 2 fully saturated rings. The molecule has 1 aliphatic heterocycles. The second kappa shape index (κ2) is 4.14. The molecule has 0 radical (unpaired) electrons. The van der Waals surface area contributed by atoms with Gasteiger partial charge in [0.2, 0.25) is 0 Å². The first-order valence-electron chi connectivity index (χ1n) is 5.55. The van der Waals surface area contributed by atoms with E-state index in [2.05, 4.69) is 5.32 Å². The summed E-state index contributed by atoms with van der Waals surface area (Å²) in [6.45, 7) is 0.553. The van der Waals surface area contributed by atoms with Crippen molar-refractivity contribution in [3.63, 3.8) is 0 Å². The summed E-state index contributed by atoms with van der Waals surface area (Å²) in [5, 5.41) is 2.88. The van der Waals surface area contributed by atoms with Gasteiger partial charge in [-0.15, -0.1) is 0 Å². The van der Waals surface area contributed by atoms with Gasteiger partial charge in [0.25, 0.3) is 0 Å². The summed E-state index contributed by atoms with van der Waals surface area (Å²) in [5.74, 6) is -0.0519. The van der Waals surface area contributed by atoms with E-state index in [0.717, 1.165) is 6.42 Å². The molecule has 2 aliphatic rings. The summed E-state index contributed by atoms with van der Waals surface area (Å²) < 4.78 is 23.3. The van der Waals surface area contributed by atoms with Crippen LogP contribution in [0, 0.1) is 5.92 Å². The second-order valence-electron chi connectivity index (χ2n) is 4.84. The summed E-state index contributed by atoms with van der Waals surface area (Å²) in [4.78, 5) is 35.6. The van der Waals surface area contributed by atoms with Crippen molar-refractivity contribution in [3.05, 3.63) is 0 Å². The van der Waals surface area contributed by atoms with Crippen molar-refractivity contribution in [3.8, 4) is 0 Å². The fourth-order valence-corrected chi connectivity index (χ4v) is 6.80. The van der Waals surface area contributed by atoms with Crippen molar-refractivity contribution < 1.29 is 28.7 Å². The van der Waals surface area contributed by atoms with Crippen molar-refractivity contribution in [2.45, 2.75) is 36.6 Å². The molecule has 0 amide bonds. The molecule has 2 rings (SSSR count). The lowest BCUT2D eigenvalue weighted by Crippen LogP contribution is -2.52. The molecule has 100 valence electrons. The normalized spacial score (nSPS) is 33.4. The average molecular weight is 285 g/mol. The van der Waals surface area contributed by atoms with E-state index >= 15 is 0 Å². The lowest BCUT2D eigenvalue weighted by molar-refractivity contribution is 0.221. The van der Waals surface area contributed by atoms with E-state index in [9.17, 15) is 28.7 Å². The van der Waals surface area contributed by atoms with E-state index in [1.807, 2.05) is 0 Å². The van der Waals surface area contributed by atoms with Crippen molar-refractivity contribution in [1.82, 2.24) is 5.32 Å². The molecule has 0 aromatic carbocycles. The molecule has 0 bridgehead atoms. The van der Waals surface area contributed by atoms with Gasteiger partial charge in [-0.25, -0.2) is 0 Å². The van der Waals surface area contributed by atoms with Crippen LogP contribution >= 0.6 is 15.2 Å². The van der Waals surface area contributed by atoms with Crippen LogP contribution in [-0.4, -0.2) is 37.1 Å². The predicted molar refractivity (Wildman–Crippen MR) is 60.6 cm³/mol. The highest BCUT2D eigenvalue weighted by atomic mass is 31.2. The largest absolute Gasteiger partial charge is 0.345 e. The zero-order chi connectivity index (χ0) is 12.9. The van der Waals surface area contributed by atoms with Gasteiger partial charge in [0.15, 0.2) is 4.90 Å². The van der Waals surface area contributed by atoms with E-state index in [-0.39, 0.29) is 12.3 Å². The van der Waals surface area contributed by atoms with Crippen LogP contribution in [0.4, 0.5) is 0 Å². The van der Waals surface area contributed by atoms with Gasteiger partial charge in [0, 0.05) is 6.04 Å². The van der Waals surface area contributed by atoms with Crippen LogP contribution in [0.25, 0.3) is 0 Å². The summed E-state index contributed by atoms with van der Waals surface area (Å²) in [5.41, 5.74) is 0. The van der Waals surface area contributed by atoms with Crippen molar-refractivity contribution >= 4 is 15.2 Å². The van der Waals surface area contributed by atoms with Crippen LogP contribution in [0.5, 0.6) is 0 Å². The Morgan fingerprint density at radius 3 is 2.18 bits per heavy atom. The molecule has 1 saturated heterocycles. The highest BCUT2D eigenvalue weighted by molar-refractivity contribution is 7.72. The topological polar surface area (TPSA) is 127 Å². The monoisotopic (exact) mass is 285 g/mol. The van der Waals surface area contributed by atoms with Crippen molar-refractivity contribution in [2.75, 3.05) is 6.54 Å². The van der Waals surface area contributed by atoms with Gasteiger partial charge in [0.1, 0.15) is 0 Å². The molecular formula is C8H17NO6P2. The Labute approximate surface area is 98.9 Å². The van der Waals surface area contributed by atoms with E-state index in [4.69, 9.17) is 0 Å². The Hall–Kier alpha value is 0.260. The van der Waals surface area contributed by atoms with Crippen LogP contribution in [0.15, 0.2) is 0 Å². The molecular weight excluding hydrogens is 268 g/mol. The lowest BCUT2D eigenvalue weighted by atomic mass is 9.84. The minimum atomic E-state index is -4.89. The Balaban J connectivity index is 2.54. The number of hydrogen-bond acceptors (Lipinski definition) is 3.